The Kier molecular flexibility index (Phi) is 7.47. The molecule has 2 aromatic carbocycles. The van der Waals surface area contributed by atoms with Gasteiger partial charge >= 0.3 is 0 Å². The highest BCUT2D eigenvalue weighted by Gasteiger charge is 2.11. The van der Waals surface area contributed by atoms with Crippen LogP contribution in [0.5, 0.6) is 11.5 Å². The largest absolute Gasteiger partial charge is 0.504 e. The van der Waals surface area contributed by atoms with Crippen LogP contribution in [-0.2, 0) is 0 Å². The first-order valence-corrected chi connectivity index (χ1v) is 6.73. The topological polar surface area (TPSA) is 116 Å². The lowest BCUT2D eigenvalue weighted by molar-refractivity contribution is 0.110. The molecule has 0 spiro atoms. The number of benzene rings is 2. The number of rotatable bonds is 5. The monoisotopic (exact) mass is 338 g/mol. The Hall–Kier alpha value is -2.84. The summed E-state index contributed by atoms with van der Waals surface area (Å²) in [5, 5.41) is 8.79. The van der Waals surface area contributed by atoms with Crippen molar-refractivity contribution < 1.29 is 28.2 Å². The number of ether oxygens (including phenoxy) is 1. The first-order chi connectivity index (χ1) is 11.4. The van der Waals surface area contributed by atoms with Gasteiger partial charge in [0.25, 0.3) is 0 Å². The second-order valence-electron chi connectivity index (χ2n) is 4.46. The Morgan fingerprint density at radius 1 is 1.04 bits per heavy atom. The van der Waals surface area contributed by atoms with Gasteiger partial charge in [0.2, 0.25) is 0 Å². The average Bonchev–Trinajstić information content (AvgIpc) is 2.59. The lowest BCUT2D eigenvalue weighted by Crippen LogP contribution is -2.35. The predicted octanol–water partition coefficient (Wildman–Crippen LogP) is 1.60. The standard InChI is InChI=1S/C9H11FN2O2.C7H5FO2/c10-7-3-1-2-6(5-13)9(7)14-8(12)4-11;8-6-3-1-2-5(4-9)7(6)10/h1-3,5,8H,4,11-12H2;1-4,10H. The minimum absolute atomic E-state index is 0.0278. The van der Waals surface area contributed by atoms with E-state index < -0.39 is 23.6 Å². The smallest absolute Gasteiger partial charge is 0.167 e. The highest BCUT2D eigenvalue weighted by atomic mass is 19.1. The molecule has 1 unspecified atom stereocenters. The maximum atomic E-state index is 13.2. The van der Waals surface area contributed by atoms with E-state index >= 15 is 0 Å². The second-order valence-corrected chi connectivity index (χ2v) is 4.46. The Morgan fingerprint density at radius 2 is 1.58 bits per heavy atom. The van der Waals surface area contributed by atoms with Gasteiger partial charge in [-0.15, -0.1) is 0 Å². The van der Waals surface area contributed by atoms with Crippen molar-refractivity contribution in [3.05, 3.63) is 59.2 Å². The first kappa shape index (κ1) is 19.2. The van der Waals surface area contributed by atoms with Crippen LogP contribution in [0.4, 0.5) is 8.78 Å². The molecule has 0 aliphatic rings. The third-order valence-electron chi connectivity index (χ3n) is 2.77. The summed E-state index contributed by atoms with van der Waals surface area (Å²) >= 11 is 0. The van der Waals surface area contributed by atoms with Gasteiger partial charge in [-0.05, 0) is 24.3 Å². The quantitative estimate of drug-likeness (QED) is 0.563. The number of nitrogens with two attached hydrogens (primary N) is 2. The number of hydrogen-bond donors (Lipinski definition) is 3. The van der Waals surface area contributed by atoms with E-state index in [4.69, 9.17) is 21.3 Å². The SMILES string of the molecule is NCC(N)Oc1c(F)cccc1C=O.O=Cc1cccc(F)c1O. The van der Waals surface area contributed by atoms with E-state index in [1.165, 1.54) is 30.3 Å². The van der Waals surface area contributed by atoms with Crippen molar-refractivity contribution in [1.29, 1.82) is 0 Å². The van der Waals surface area contributed by atoms with Crippen LogP contribution in [0.15, 0.2) is 36.4 Å². The number of para-hydroxylation sites is 2. The number of aldehydes is 2. The molecule has 0 amide bonds. The molecule has 0 fully saturated rings. The van der Waals surface area contributed by atoms with Crippen LogP contribution in [0.1, 0.15) is 20.7 Å². The van der Waals surface area contributed by atoms with E-state index in [1.807, 2.05) is 0 Å². The van der Waals surface area contributed by atoms with Crippen LogP contribution < -0.4 is 16.2 Å². The summed E-state index contributed by atoms with van der Waals surface area (Å²) in [5.74, 6) is -2.14. The van der Waals surface area contributed by atoms with Crippen molar-refractivity contribution in [2.75, 3.05) is 6.54 Å². The maximum absolute atomic E-state index is 13.2. The van der Waals surface area contributed by atoms with Gasteiger partial charge in [-0.3, -0.25) is 15.3 Å². The molecule has 2 rings (SSSR count). The summed E-state index contributed by atoms with van der Waals surface area (Å²) < 4.78 is 30.5. The van der Waals surface area contributed by atoms with Crippen molar-refractivity contribution in [2.24, 2.45) is 11.5 Å². The number of halogens is 2. The number of carbonyl (C=O) groups excluding carboxylic acids is 2. The molecule has 0 aliphatic heterocycles. The molecule has 0 aromatic heterocycles. The molecule has 0 bridgehead atoms. The molecule has 8 heteroatoms. The van der Waals surface area contributed by atoms with Crippen LogP contribution in [0.2, 0.25) is 0 Å². The van der Waals surface area contributed by atoms with Gasteiger partial charge in [-0.25, -0.2) is 8.78 Å². The molecular formula is C16H16F2N2O4. The summed E-state index contributed by atoms with van der Waals surface area (Å²) in [6, 6.07) is 7.83. The fraction of sp³-hybridized carbons (Fsp3) is 0.125. The summed E-state index contributed by atoms with van der Waals surface area (Å²) in [7, 11) is 0. The molecule has 0 heterocycles. The molecule has 0 radical (unpaired) electrons. The van der Waals surface area contributed by atoms with E-state index in [1.54, 1.807) is 0 Å². The van der Waals surface area contributed by atoms with Crippen molar-refractivity contribution >= 4 is 12.6 Å². The molecule has 128 valence electrons. The average molecular weight is 338 g/mol. The second kappa shape index (κ2) is 9.33. The van der Waals surface area contributed by atoms with Crippen molar-refractivity contribution in [2.45, 2.75) is 6.23 Å². The van der Waals surface area contributed by atoms with Gasteiger partial charge in [-0.2, -0.15) is 0 Å². The normalized spacial score (nSPS) is 11.0. The lowest BCUT2D eigenvalue weighted by atomic mass is 10.2. The Labute approximate surface area is 136 Å². The van der Waals surface area contributed by atoms with Crippen LogP contribution in [0.3, 0.4) is 0 Å². The summed E-state index contributed by atoms with van der Waals surface area (Å²) in [5.41, 5.74) is 10.7. The van der Waals surface area contributed by atoms with Crippen molar-refractivity contribution in [1.82, 2.24) is 0 Å². The molecule has 2 aromatic rings. The molecule has 5 N–H and O–H groups in total. The lowest BCUT2D eigenvalue weighted by Gasteiger charge is -2.14. The van der Waals surface area contributed by atoms with Crippen LogP contribution >= 0.6 is 0 Å². The zero-order valence-electron chi connectivity index (χ0n) is 12.5. The predicted molar refractivity (Wildman–Crippen MR) is 82.9 cm³/mol. The zero-order chi connectivity index (χ0) is 18.1. The van der Waals surface area contributed by atoms with Crippen molar-refractivity contribution in [3.63, 3.8) is 0 Å². The van der Waals surface area contributed by atoms with E-state index in [0.717, 1.165) is 6.07 Å². The number of phenolic OH excluding ortho intramolecular Hbond substituents is 1. The van der Waals surface area contributed by atoms with Gasteiger partial charge in [0, 0.05) is 6.54 Å². The molecule has 1 atom stereocenters. The zero-order valence-corrected chi connectivity index (χ0v) is 12.5. The fourth-order valence-electron chi connectivity index (χ4n) is 1.57. The minimum atomic E-state index is -0.814. The number of phenols is 1. The summed E-state index contributed by atoms with van der Waals surface area (Å²) in [4.78, 5) is 20.6. The first-order valence-electron chi connectivity index (χ1n) is 6.73. The Balaban J connectivity index is 0.000000254. The molecular weight excluding hydrogens is 322 g/mol. The van der Waals surface area contributed by atoms with E-state index in [2.05, 4.69) is 0 Å². The van der Waals surface area contributed by atoms with Gasteiger partial charge in [0.05, 0.1) is 11.1 Å². The third kappa shape index (κ3) is 5.11. The van der Waals surface area contributed by atoms with Gasteiger partial charge in [0.1, 0.15) is 0 Å². The van der Waals surface area contributed by atoms with Crippen LogP contribution in [0.25, 0.3) is 0 Å². The molecule has 0 saturated heterocycles. The van der Waals surface area contributed by atoms with Crippen LogP contribution in [0, 0.1) is 11.6 Å². The van der Waals surface area contributed by atoms with E-state index in [-0.39, 0.29) is 23.4 Å². The molecule has 24 heavy (non-hydrogen) atoms. The van der Waals surface area contributed by atoms with E-state index in [0.29, 0.717) is 12.6 Å². The van der Waals surface area contributed by atoms with Crippen molar-refractivity contribution in [3.8, 4) is 11.5 Å². The molecule has 0 aliphatic carbocycles. The summed E-state index contributed by atoms with van der Waals surface area (Å²) in [6.45, 7) is 0.0482. The Morgan fingerprint density at radius 3 is 2.08 bits per heavy atom. The Bertz CT molecular complexity index is 710. The third-order valence-corrected chi connectivity index (χ3v) is 2.77. The fourth-order valence-corrected chi connectivity index (χ4v) is 1.57. The highest BCUT2D eigenvalue weighted by Crippen LogP contribution is 2.21. The van der Waals surface area contributed by atoms with Gasteiger partial charge in [-0.1, -0.05) is 12.1 Å². The minimum Gasteiger partial charge on any atom is -0.504 e. The number of aromatic hydroxyl groups is 1. The van der Waals surface area contributed by atoms with Crippen LogP contribution in [-0.4, -0.2) is 30.5 Å². The van der Waals surface area contributed by atoms with E-state index in [9.17, 15) is 18.4 Å². The maximum Gasteiger partial charge on any atom is 0.167 e. The summed E-state index contributed by atoms with van der Waals surface area (Å²) in [6.07, 6.45) is 0.0886. The molecule has 6 nitrogen and oxygen atoms in total. The number of hydrogen-bond acceptors (Lipinski definition) is 6. The highest BCUT2D eigenvalue weighted by molar-refractivity contribution is 5.79. The van der Waals surface area contributed by atoms with Gasteiger partial charge in [0.15, 0.2) is 41.9 Å². The number of carbonyl (C=O) groups is 2. The van der Waals surface area contributed by atoms with Gasteiger partial charge < -0.3 is 15.6 Å². The molecule has 0 saturated carbocycles.